The topological polar surface area (TPSA) is 61.8 Å². The lowest BCUT2D eigenvalue weighted by Crippen LogP contribution is -2.14. The molecule has 38 heavy (non-hydrogen) atoms. The first-order valence-corrected chi connectivity index (χ1v) is 14.3. The second-order valence-corrected chi connectivity index (χ2v) is 8.51. The Balaban J connectivity index is 0.00000179. The maximum atomic E-state index is 11.8. The number of thioether (sulfide) groups is 1. The molecule has 0 aliphatic carbocycles. The van der Waals surface area contributed by atoms with E-state index in [2.05, 4.69) is 13.8 Å². The predicted octanol–water partition coefficient (Wildman–Crippen LogP) is 8.40. The summed E-state index contributed by atoms with van der Waals surface area (Å²) in [6.45, 7) is 12.4. The number of hydrogen-bond acceptors (Lipinski definition) is 6. The number of carbonyl (C=O) groups excluding carboxylic acids is 2. The number of rotatable bonds is 10. The molecule has 0 spiro atoms. The SMILES string of the molecule is CC.CC.CCC.COC(=O)c1ccccc1SCCc1ccc(OCC(=O)OCc2ccccc2)cc1. The van der Waals surface area contributed by atoms with Gasteiger partial charge in [0.1, 0.15) is 12.4 Å². The van der Waals surface area contributed by atoms with Crippen molar-refractivity contribution >= 4 is 23.7 Å². The highest BCUT2D eigenvalue weighted by molar-refractivity contribution is 7.99. The minimum Gasteiger partial charge on any atom is -0.482 e. The van der Waals surface area contributed by atoms with Crippen molar-refractivity contribution < 1.29 is 23.8 Å². The molecule has 0 aliphatic rings. The molecular weight excluding hydrogens is 496 g/mol. The smallest absolute Gasteiger partial charge is 0.344 e. The molecule has 0 aliphatic heterocycles. The van der Waals surface area contributed by atoms with Gasteiger partial charge >= 0.3 is 11.9 Å². The molecule has 5 nitrogen and oxygen atoms in total. The number of ether oxygens (including phenoxy) is 3. The zero-order valence-corrected chi connectivity index (χ0v) is 24.8. The van der Waals surface area contributed by atoms with E-state index in [0.29, 0.717) is 11.3 Å². The Morgan fingerprint density at radius 1 is 0.763 bits per heavy atom. The van der Waals surface area contributed by atoms with Crippen LogP contribution < -0.4 is 4.74 Å². The number of aryl methyl sites for hydroxylation is 1. The molecule has 0 unspecified atom stereocenters. The molecule has 3 aromatic carbocycles. The van der Waals surface area contributed by atoms with Gasteiger partial charge in [0.15, 0.2) is 6.61 Å². The summed E-state index contributed by atoms with van der Waals surface area (Å²) in [6.07, 6.45) is 2.08. The second-order valence-electron chi connectivity index (χ2n) is 7.37. The Bertz CT molecular complexity index is 1000. The van der Waals surface area contributed by atoms with Crippen LogP contribution in [0, 0.1) is 0 Å². The zero-order chi connectivity index (χ0) is 28.6. The molecule has 208 valence electrons. The van der Waals surface area contributed by atoms with E-state index >= 15 is 0 Å². The fourth-order valence-electron chi connectivity index (χ4n) is 2.82. The van der Waals surface area contributed by atoms with Gasteiger partial charge in [0, 0.05) is 10.6 Å². The lowest BCUT2D eigenvalue weighted by atomic mass is 10.2. The summed E-state index contributed by atoms with van der Waals surface area (Å²) >= 11 is 1.61. The van der Waals surface area contributed by atoms with E-state index in [9.17, 15) is 9.59 Å². The summed E-state index contributed by atoms with van der Waals surface area (Å²) in [5, 5.41) is 0. The molecule has 3 aromatic rings. The molecule has 0 aromatic heterocycles. The standard InChI is InChI=1S/C25H24O5S.C3H8.2C2H6/c1-28-25(27)22-9-5-6-10-23(22)31-16-15-19-11-13-21(14-12-19)29-18-24(26)30-17-20-7-3-2-4-8-20;1-3-2;2*1-2/h2-14H,15-18H2,1H3;3H2,1-2H3;2*1-2H3. The first kappa shape index (κ1) is 34.8. The molecule has 0 heterocycles. The molecule has 0 N–H and O–H groups in total. The monoisotopic (exact) mass is 540 g/mol. The van der Waals surface area contributed by atoms with Gasteiger partial charge in [-0.15, -0.1) is 11.8 Å². The molecule has 0 saturated carbocycles. The van der Waals surface area contributed by atoms with Crippen molar-refractivity contribution in [1.82, 2.24) is 0 Å². The average Bonchev–Trinajstić information content (AvgIpc) is 2.98. The van der Waals surface area contributed by atoms with Crippen molar-refractivity contribution in [3.63, 3.8) is 0 Å². The van der Waals surface area contributed by atoms with E-state index < -0.39 is 5.97 Å². The van der Waals surface area contributed by atoms with Crippen molar-refractivity contribution in [2.24, 2.45) is 0 Å². The average molecular weight is 541 g/mol. The van der Waals surface area contributed by atoms with Crippen LogP contribution in [-0.2, 0) is 27.3 Å². The summed E-state index contributed by atoms with van der Waals surface area (Å²) in [7, 11) is 1.39. The van der Waals surface area contributed by atoms with Crippen molar-refractivity contribution in [3.05, 3.63) is 95.6 Å². The highest BCUT2D eigenvalue weighted by atomic mass is 32.2. The van der Waals surface area contributed by atoms with E-state index in [4.69, 9.17) is 14.2 Å². The van der Waals surface area contributed by atoms with E-state index in [0.717, 1.165) is 28.2 Å². The molecule has 3 rings (SSSR count). The quantitative estimate of drug-likeness (QED) is 0.190. The normalized spacial score (nSPS) is 9.24. The van der Waals surface area contributed by atoms with Gasteiger partial charge in [-0.2, -0.15) is 0 Å². The van der Waals surface area contributed by atoms with Crippen LogP contribution in [0.3, 0.4) is 0 Å². The number of carbonyl (C=O) groups is 2. The van der Waals surface area contributed by atoms with E-state index in [1.54, 1.807) is 17.8 Å². The first-order valence-electron chi connectivity index (χ1n) is 13.3. The number of methoxy groups -OCH3 is 1. The van der Waals surface area contributed by atoms with Gasteiger partial charge < -0.3 is 14.2 Å². The third-order valence-electron chi connectivity index (χ3n) is 4.46. The summed E-state index contributed by atoms with van der Waals surface area (Å²) in [6, 6.07) is 24.6. The van der Waals surface area contributed by atoms with Gasteiger partial charge in [-0.05, 0) is 41.8 Å². The predicted molar refractivity (Wildman–Crippen MR) is 159 cm³/mol. The lowest BCUT2D eigenvalue weighted by Gasteiger charge is -2.09. The molecule has 0 bridgehead atoms. The Kier molecular flexibility index (Phi) is 21.0. The molecular formula is C32H44O5S. The maximum absolute atomic E-state index is 11.8. The fourth-order valence-corrected chi connectivity index (χ4v) is 3.86. The van der Waals surface area contributed by atoms with Crippen LogP contribution >= 0.6 is 11.8 Å². The first-order chi connectivity index (χ1) is 18.6. The Labute approximate surface area is 233 Å². The summed E-state index contributed by atoms with van der Waals surface area (Å²) in [5.74, 6) is 0.699. The van der Waals surface area contributed by atoms with Gasteiger partial charge in [0.2, 0.25) is 0 Å². The minimum absolute atomic E-state index is 0.133. The van der Waals surface area contributed by atoms with E-state index in [1.165, 1.54) is 13.5 Å². The van der Waals surface area contributed by atoms with Crippen molar-refractivity contribution in [2.45, 2.75) is 65.9 Å². The highest BCUT2D eigenvalue weighted by Gasteiger charge is 2.11. The third-order valence-corrected chi connectivity index (χ3v) is 5.54. The molecule has 0 amide bonds. The van der Waals surface area contributed by atoms with Gasteiger partial charge in [-0.1, -0.05) is 103 Å². The van der Waals surface area contributed by atoms with Crippen LogP contribution in [0.25, 0.3) is 0 Å². The van der Waals surface area contributed by atoms with Gasteiger partial charge in [0.25, 0.3) is 0 Å². The molecule has 0 atom stereocenters. The minimum atomic E-state index is -0.409. The van der Waals surface area contributed by atoms with Gasteiger partial charge in [0.05, 0.1) is 12.7 Å². The molecule has 0 saturated heterocycles. The third kappa shape index (κ3) is 14.5. The molecule has 6 heteroatoms. The maximum Gasteiger partial charge on any atom is 0.344 e. The van der Waals surface area contributed by atoms with Crippen molar-refractivity contribution in [3.8, 4) is 5.75 Å². The zero-order valence-electron chi connectivity index (χ0n) is 24.0. The number of benzene rings is 3. The van der Waals surface area contributed by atoms with Crippen LogP contribution in [0.1, 0.15) is 69.4 Å². The van der Waals surface area contributed by atoms with Crippen LogP contribution in [0.5, 0.6) is 5.75 Å². The van der Waals surface area contributed by atoms with Crippen LogP contribution in [0.2, 0.25) is 0 Å². The summed E-state index contributed by atoms with van der Waals surface area (Å²) in [4.78, 5) is 24.6. The lowest BCUT2D eigenvalue weighted by molar-refractivity contribution is -0.147. The molecule has 0 radical (unpaired) electrons. The van der Waals surface area contributed by atoms with Gasteiger partial charge in [-0.3, -0.25) is 0 Å². The number of esters is 2. The number of hydrogen-bond donors (Lipinski definition) is 0. The summed E-state index contributed by atoms with van der Waals surface area (Å²) in [5.41, 5.74) is 2.66. The van der Waals surface area contributed by atoms with Crippen LogP contribution in [0.4, 0.5) is 0 Å². The Morgan fingerprint density at radius 2 is 1.34 bits per heavy atom. The summed E-state index contributed by atoms with van der Waals surface area (Å²) < 4.78 is 15.5. The van der Waals surface area contributed by atoms with Crippen LogP contribution in [0.15, 0.2) is 83.8 Å². The van der Waals surface area contributed by atoms with Gasteiger partial charge in [-0.25, -0.2) is 9.59 Å². The van der Waals surface area contributed by atoms with E-state index in [-0.39, 0.29) is 19.2 Å². The largest absolute Gasteiger partial charge is 0.482 e. The molecule has 0 fully saturated rings. The fraction of sp³-hybridized carbons (Fsp3) is 0.375. The Morgan fingerprint density at radius 3 is 1.95 bits per heavy atom. The highest BCUT2D eigenvalue weighted by Crippen LogP contribution is 2.24. The Hall–Kier alpha value is -3.25. The van der Waals surface area contributed by atoms with Crippen molar-refractivity contribution in [2.75, 3.05) is 19.5 Å². The van der Waals surface area contributed by atoms with E-state index in [1.807, 2.05) is 100 Å². The van der Waals surface area contributed by atoms with Crippen LogP contribution in [-0.4, -0.2) is 31.4 Å². The van der Waals surface area contributed by atoms with Crippen molar-refractivity contribution in [1.29, 1.82) is 0 Å². The second kappa shape index (κ2) is 22.9.